The Balaban J connectivity index is 1.84. The summed E-state index contributed by atoms with van der Waals surface area (Å²) in [6.45, 7) is 2.08. The van der Waals surface area contributed by atoms with Crippen LogP contribution in [0.3, 0.4) is 0 Å². The number of rotatable bonds is 6. The van der Waals surface area contributed by atoms with Crippen molar-refractivity contribution >= 4 is 11.0 Å². The van der Waals surface area contributed by atoms with E-state index < -0.39 is 0 Å². The zero-order chi connectivity index (χ0) is 11.2. The molecule has 0 saturated carbocycles. The SMILES string of the molecule is OCCCNCCc1ccc2nc[nH]c2c1. The van der Waals surface area contributed by atoms with Gasteiger partial charge >= 0.3 is 0 Å². The Kier molecular flexibility index (Phi) is 3.91. The molecule has 0 fully saturated rings. The second kappa shape index (κ2) is 5.63. The van der Waals surface area contributed by atoms with Crippen LogP contribution in [-0.2, 0) is 6.42 Å². The molecule has 4 heteroatoms. The van der Waals surface area contributed by atoms with Gasteiger partial charge in [0.15, 0.2) is 0 Å². The molecule has 1 aromatic carbocycles. The highest BCUT2D eigenvalue weighted by molar-refractivity contribution is 5.74. The number of hydrogen-bond acceptors (Lipinski definition) is 3. The summed E-state index contributed by atoms with van der Waals surface area (Å²) in [5.74, 6) is 0. The zero-order valence-electron chi connectivity index (χ0n) is 9.24. The van der Waals surface area contributed by atoms with E-state index >= 15 is 0 Å². The lowest BCUT2D eigenvalue weighted by molar-refractivity contribution is 0.286. The quantitative estimate of drug-likeness (QED) is 0.637. The van der Waals surface area contributed by atoms with Gasteiger partial charge in [-0.05, 0) is 43.6 Å². The van der Waals surface area contributed by atoms with Crippen LogP contribution in [0.5, 0.6) is 0 Å². The van der Waals surface area contributed by atoms with Crippen molar-refractivity contribution in [3.05, 3.63) is 30.1 Å². The summed E-state index contributed by atoms with van der Waals surface area (Å²) in [5.41, 5.74) is 3.40. The fraction of sp³-hybridized carbons (Fsp3) is 0.417. The second-order valence-corrected chi connectivity index (χ2v) is 3.83. The minimum atomic E-state index is 0.257. The van der Waals surface area contributed by atoms with E-state index in [-0.39, 0.29) is 6.61 Å². The summed E-state index contributed by atoms with van der Waals surface area (Å²) in [5, 5.41) is 11.9. The van der Waals surface area contributed by atoms with Gasteiger partial charge in [-0.15, -0.1) is 0 Å². The van der Waals surface area contributed by atoms with Crippen molar-refractivity contribution in [2.75, 3.05) is 19.7 Å². The van der Waals surface area contributed by atoms with Crippen LogP contribution in [0.1, 0.15) is 12.0 Å². The number of aromatic amines is 1. The number of aromatic nitrogens is 2. The summed E-state index contributed by atoms with van der Waals surface area (Å²) >= 11 is 0. The van der Waals surface area contributed by atoms with Crippen LogP contribution in [-0.4, -0.2) is 34.8 Å². The third-order valence-electron chi connectivity index (χ3n) is 2.59. The first-order valence-corrected chi connectivity index (χ1v) is 5.64. The number of H-pyrrole nitrogens is 1. The van der Waals surface area contributed by atoms with Crippen molar-refractivity contribution in [2.45, 2.75) is 12.8 Å². The predicted molar refractivity (Wildman–Crippen MR) is 64.4 cm³/mol. The van der Waals surface area contributed by atoms with E-state index in [0.29, 0.717) is 0 Å². The number of hydrogen-bond donors (Lipinski definition) is 3. The molecule has 0 atom stereocenters. The van der Waals surface area contributed by atoms with E-state index in [1.54, 1.807) is 6.33 Å². The third-order valence-corrected chi connectivity index (χ3v) is 2.59. The van der Waals surface area contributed by atoms with Crippen LogP contribution in [0.15, 0.2) is 24.5 Å². The van der Waals surface area contributed by atoms with Gasteiger partial charge in [-0.2, -0.15) is 0 Å². The van der Waals surface area contributed by atoms with Crippen LogP contribution >= 0.6 is 0 Å². The summed E-state index contributed by atoms with van der Waals surface area (Å²) in [4.78, 5) is 7.29. The molecule has 0 bridgehead atoms. The van der Waals surface area contributed by atoms with E-state index in [9.17, 15) is 0 Å². The first-order chi connectivity index (χ1) is 7.90. The largest absolute Gasteiger partial charge is 0.396 e. The van der Waals surface area contributed by atoms with Gasteiger partial charge in [0, 0.05) is 6.61 Å². The van der Waals surface area contributed by atoms with Crippen LogP contribution in [0.25, 0.3) is 11.0 Å². The Bertz CT molecular complexity index is 439. The maximum absolute atomic E-state index is 8.63. The van der Waals surface area contributed by atoms with Crippen molar-refractivity contribution in [2.24, 2.45) is 0 Å². The molecule has 0 aliphatic heterocycles. The highest BCUT2D eigenvalue weighted by Crippen LogP contribution is 2.11. The molecule has 0 amide bonds. The lowest BCUT2D eigenvalue weighted by atomic mass is 10.1. The van der Waals surface area contributed by atoms with Crippen molar-refractivity contribution in [1.82, 2.24) is 15.3 Å². The summed E-state index contributed by atoms with van der Waals surface area (Å²) < 4.78 is 0. The average Bonchev–Trinajstić information content (AvgIpc) is 2.76. The minimum absolute atomic E-state index is 0.257. The van der Waals surface area contributed by atoms with Gasteiger partial charge in [-0.1, -0.05) is 6.07 Å². The molecule has 0 saturated heterocycles. The lowest BCUT2D eigenvalue weighted by Crippen LogP contribution is -2.19. The van der Waals surface area contributed by atoms with Crippen LogP contribution in [0, 0.1) is 0 Å². The normalized spacial score (nSPS) is 11.1. The monoisotopic (exact) mass is 219 g/mol. The number of imidazole rings is 1. The molecule has 0 spiro atoms. The molecular weight excluding hydrogens is 202 g/mol. The minimum Gasteiger partial charge on any atom is -0.396 e. The van der Waals surface area contributed by atoms with E-state index in [0.717, 1.165) is 37.0 Å². The third kappa shape index (κ3) is 2.81. The Morgan fingerprint density at radius 2 is 2.25 bits per heavy atom. The van der Waals surface area contributed by atoms with Crippen LogP contribution in [0.4, 0.5) is 0 Å². The van der Waals surface area contributed by atoms with E-state index in [2.05, 4.69) is 27.4 Å². The smallest absolute Gasteiger partial charge is 0.0931 e. The van der Waals surface area contributed by atoms with Gasteiger partial charge in [-0.25, -0.2) is 4.98 Å². The Morgan fingerprint density at radius 1 is 1.31 bits per heavy atom. The van der Waals surface area contributed by atoms with Crippen molar-refractivity contribution in [3.8, 4) is 0 Å². The highest BCUT2D eigenvalue weighted by Gasteiger charge is 1.98. The van der Waals surface area contributed by atoms with Crippen LogP contribution in [0.2, 0.25) is 0 Å². The summed E-state index contributed by atoms with van der Waals surface area (Å²) in [6, 6.07) is 6.28. The van der Waals surface area contributed by atoms with E-state index in [1.165, 1.54) is 5.56 Å². The first kappa shape index (κ1) is 11.1. The molecule has 3 N–H and O–H groups in total. The number of nitrogens with one attached hydrogen (secondary N) is 2. The lowest BCUT2D eigenvalue weighted by Gasteiger charge is -2.03. The van der Waals surface area contributed by atoms with E-state index in [1.807, 2.05) is 6.07 Å². The fourth-order valence-electron chi connectivity index (χ4n) is 1.70. The Morgan fingerprint density at radius 3 is 3.12 bits per heavy atom. The molecule has 1 heterocycles. The molecule has 16 heavy (non-hydrogen) atoms. The molecule has 2 rings (SSSR count). The standard InChI is InChI=1S/C12H17N3O/c16-7-1-5-13-6-4-10-2-3-11-12(8-10)15-9-14-11/h2-3,8-9,13,16H,1,4-7H2,(H,14,15). The zero-order valence-corrected chi connectivity index (χ0v) is 9.24. The molecule has 86 valence electrons. The van der Waals surface area contributed by atoms with E-state index in [4.69, 9.17) is 5.11 Å². The van der Waals surface area contributed by atoms with Gasteiger partial charge in [0.05, 0.1) is 17.4 Å². The van der Waals surface area contributed by atoms with Gasteiger partial charge in [0.25, 0.3) is 0 Å². The van der Waals surface area contributed by atoms with Gasteiger partial charge in [0.1, 0.15) is 0 Å². The molecule has 0 unspecified atom stereocenters. The molecule has 0 aliphatic rings. The van der Waals surface area contributed by atoms with Crippen molar-refractivity contribution in [1.29, 1.82) is 0 Å². The summed E-state index contributed by atoms with van der Waals surface area (Å²) in [7, 11) is 0. The number of benzene rings is 1. The average molecular weight is 219 g/mol. The molecule has 1 aromatic heterocycles. The molecule has 0 radical (unpaired) electrons. The van der Waals surface area contributed by atoms with Crippen molar-refractivity contribution in [3.63, 3.8) is 0 Å². The first-order valence-electron chi connectivity index (χ1n) is 5.64. The molecule has 2 aromatic rings. The van der Waals surface area contributed by atoms with Crippen molar-refractivity contribution < 1.29 is 5.11 Å². The number of aliphatic hydroxyl groups excluding tert-OH is 1. The van der Waals surface area contributed by atoms with Gasteiger partial charge in [0.2, 0.25) is 0 Å². The fourth-order valence-corrected chi connectivity index (χ4v) is 1.70. The second-order valence-electron chi connectivity index (χ2n) is 3.83. The number of fused-ring (bicyclic) bond motifs is 1. The Hall–Kier alpha value is -1.39. The van der Waals surface area contributed by atoms with Gasteiger partial charge in [-0.3, -0.25) is 0 Å². The maximum Gasteiger partial charge on any atom is 0.0931 e. The summed E-state index contributed by atoms with van der Waals surface area (Å²) in [6.07, 6.45) is 3.54. The number of aliphatic hydroxyl groups is 1. The van der Waals surface area contributed by atoms with Gasteiger partial charge < -0.3 is 15.4 Å². The highest BCUT2D eigenvalue weighted by atomic mass is 16.3. The Labute approximate surface area is 94.7 Å². The predicted octanol–water partition coefficient (Wildman–Crippen LogP) is 1.08. The molecule has 0 aliphatic carbocycles. The maximum atomic E-state index is 8.63. The topological polar surface area (TPSA) is 60.9 Å². The number of nitrogens with zero attached hydrogens (tertiary/aromatic N) is 1. The molecular formula is C12H17N3O. The molecule has 4 nitrogen and oxygen atoms in total. The van der Waals surface area contributed by atoms with Crippen LogP contribution < -0.4 is 5.32 Å².